The Morgan fingerprint density at radius 3 is 3.00 bits per heavy atom. The molecule has 7 heteroatoms. The fourth-order valence-corrected chi connectivity index (χ4v) is 2.61. The number of pyridine rings is 1. The number of carbonyl (C=O) groups is 1. The maximum Gasteiger partial charge on any atom is 0.322 e. The van der Waals surface area contributed by atoms with E-state index in [1.807, 2.05) is 17.7 Å². The maximum absolute atomic E-state index is 12.3. The van der Waals surface area contributed by atoms with Crippen LogP contribution in [0.2, 0.25) is 0 Å². The summed E-state index contributed by atoms with van der Waals surface area (Å²) in [5, 5.41) is 8.15. The van der Waals surface area contributed by atoms with Crippen molar-refractivity contribution >= 4 is 22.8 Å². The minimum absolute atomic E-state index is 0.0779. The van der Waals surface area contributed by atoms with Crippen LogP contribution in [-0.4, -0.2) is 51.5 Å². The van der Waals surface area contributed by atoms with Crippen molar-refractivity contribution in [1.29, 1.82) is 0 Å². The molecule has 0 spiro atoms. The first-order valence-corrected chi connectivity index (χ1v) is 7.55. The number of ether oxygens (including phenoxy) is 1. The van der Waals surface area contributed by atoms with E-state index in [0.29, 0.717) is 25.4 Å². The highest BCUT2D eigenvalue weighted by Gasteiger charge is 2.23. The number of anilines is 1. The van der Waals surface area contributed by atoms with Crippen molar-refractivity contribution in [2.45, 2.75) is 32.9 Å². The van der Waals surface area contributed by atoms with Gasteiger partial charge in [-0.25, -0.2) is 14.5 Å². The summed E-state index contributed by atoms with van der Waals surface area (Å²) in [7, 11) is 0. The van der Waals surface area contributed by atoms with E-state index in [2.05, 4.69) is 29.2 Å². The molecule has 0 saturated carbocycles. The summed E-state index contributed by atoms with van der Waals surface area (Å²) in [6, 6.07) is 2.11. The average Bonchev–Trinajstić information content (AvgIpc) is 2.91. The number of morpholine rings is 1. The lowest BCUT2D eigenvalue weighted by Crippen LogP contribution is -2.48. The van der Waals surface area contributed by atoms with E-state index in [0.717, 1.165) is 11.0 Å². The number of urea groups is 1. The Kier molecular flexibility index (Phi) is 3.98. The molecule has 2 aromatic rings. The second kappa shape index (κ2) is 5.92. The van der Waals surface area contributed by atoms with Crippen LogP contribution in [0.5, 0.6) is 0 Å². The molecule has 0 aromatic carbocycles. The number of amides is 2. The highest BCUT2D eigenvalue weighted by atomic mass is 16.5. The van der Waals surface area contributed by atoms with Gasteiger partial charge in [0.15, 0.2) is 5.65 Å². The first kappa shape index (κ1) is 14.8. The minimum Gasteiger partial charge on any atom is -0.377 e. The fourth-order valence-electron chi connectivity index (χ4n) is 2.61. The molecule has 0 unspecified atom stereocenters. The number of hydrogen-bond acceptors (Lipinski definition) is 4. The van der Waals surface area contributed by atoms with Crippen LogP contribution in [0.15, 0.2) is 18.5 Å². The van der Waals surface area contributed by atoms with Gasteiger partial charge >= 0.3 is 6.03 Å². The number of nitrogens with one attached hydrogen (secondary N) is 1. The van der Waals surface area contributed by atoms with Crippen LogP contribution in [0.25, 0.3) is 11.0 Å². The second-order valence-electron chi connectivity index (χ2n) is 5.87. The van der Waals surface area contributed by atoms with Gasteiger partial charge in [0.2, 0.25) is 0 Å². The Balaban J connectivity index is 1.77. The van der Waals surface area contributed by atoms with Crippen molar-refractivity contribution in [1.82, 2.24) is 19.7 Å². The van der Waals surface area contributed by atoms with Gasteiger partial charge in [-0.05, 0) is 26.8 Å². The lowest BCUT2D eigenvalue weighted by atomic mass is 10.2. The molecule has 1 saturated heterocycles. The molecule has 7 nitrogen and oxygen atoms in total. The molecule has 0 radical (unpaired) electrons. The molecule has 0 bridgehead atoms. The predicted molar refractivity (Wildman–Crippen MR) is 83.9 cm³/mol. The zero-order valence-corrected chi connectivity index (χ0v) is 13.1. The molecule has 2 amide bonds. The molecule has 118 valence electrons. The average molecular weight is 303 g/mol. The lowest BCUT2D eigenvalue weighted by Gasteiger charge is -2.33. The molecule has 1 N–H and O–H groups in total. The standard InChI is InChI=1S/C15H21N5O2/c1-10(2)20-14-12(7-17-20)6-13(8-16-14)18-15(21)19-4-5-22-9-11(19)3/h6-8,10-11H,4-5,9H2,1-3H3,(H,18,21)/t11-/m0/s1. The van der Waals surface area contributed by atoms with Crippen LogP contribution in [0.3, 0.4) is 0 Å². The first-order valence-electron chi connectivity index (χ1n) is 7.55. The zero-order valence-electron chi connectivity index (χ0n) is 13.1. The Hall–Kier alpha value is -2.15. The second-order valence-corrected chi connectivity index (χ2v) is 5.87. The van der Waals surface area contributed by atoms with Crippen LogP contribution in [0.1, 0.15) is 26.8 Å². The normalized spacial score (nSPS) is 18.9. The molecule has 1 aliphatic heterocycles. The number of aromatic nitrogens is 3. The van der Waals surface area contributed by atoms with Crippen molar-refractivity contribution in [2.24, 2.45) is 0 Å². The summed E-state index contributed by atoms with van der Waals surface area (Å²) >= 11 is 0. The Morgan fingerprint density at radius 2 is 2.27 bits per heavy atom. The van der Waals surface area contributed by atoms with Crippen molar-refractivity contribution in [3.8, 4) is 0 Å². The van der Waals surface area contributed by atoms with Crippen LogP contribution >= 0.6 is 0 Å². The van der Waals surface area contributed by atoms with E-state index in [1.54, 1.807) is 17.3 Å². The quantitative estimate of drug-likeness (QED) is 0.923. The number of hydrogen-bond donors (Lipinski definition) is 1. The highest BCUT2D eigenvalue weighted by Crippen LogP contribution is 2.19. The van der Waals surface area contributed by atoms with Crippen LogP contribution in [0, 0.1) is 0 Å². The van der Waals surface area contributed by atoms with E-state index in [4.69, 9.17) is 4.74 Å². The molecule has 3 heterocycles. The molecule has 2 aromatic heterocycles. The number of nitrogens with zero attached hydrogens (tertiary/aromatic N) is 4. The van der Waals surface area contributed by atoms with Crippen molar-refractivity contribution in [3.05, 3.63) is 18.5 Å². The van der Waals surface area contributed by atoms with E-state index >= 15 is 0 Å². The van der Waals surface area contributed by atoms with Crippen molar-refractivity contribution in [3.63, 3.8) is 0 Å². The van der Waals surface area contributed by atoms with E-state index in [9.17, 15) is 4.79 Å². The lowest BCUT2D eigenvalue weighted by molar-refractivity contribution is 0.0222. The smallest absolute Gasteiger partial charge is 0.322 e. The highest BCUT2D eigenvalue weighted by molar-refractivity contribution is 5.91. The summed E-state index contributed by atoms with van der Waals surface area (Å²) in [4.78, 5) is 18.5. The molecule has 1 atom stereocenters. The minimum atomic E-state index is -0.117. The molecule has 1 aliphatic rings. The van der Waals surface area contributed by atoms with E-state index in [1.165, 1.54) is 0 Å². The summed E-state index contributed by atoms with van der Waals surface area (Å²) in [5.74, 6) is 0. The Labute approximate surface area is 129 Å². The SMILES string of the molecule is CC(C)n1ncc2cc(NC(=O)N3CCOC[C@@H]3C)cnc21. The van der Waals surface area contributed by atoms with E-state index in [-0.39, 0.29) is 18.1 Å². The third-order valence-corrected chi connectivity index (χ3v) is 3.80. The van der Waals surface area contributed by atoms with Gasteiger partial charge in [0.05, 0.1) is 37.3 Å². The van der Waals surface area contributed by atoms with Crippen LogP contribution in [-0.2, 0) is 4.74 Å². The maximum atomic E-state index is 12.3. The summed E-state index contributed by atoms with van der Waals surface area (Å²) in [6.07, 6.45) is 3.45. The summed E-state index contributed by atoms with van der Waals surface area (Å²) in [5.41, 5.74) is 1.51. The third kappa shape index (κ3) is 2.76. The van der Waals surface area contributed by atoms with Gasteiger partial charge in [-0.1, -0.05) is 0 Å². The van der Waals surface area contributed by atoms with Gasteiger partial charge in [-0.2, -0.15) is 5.10 Å². The van der Waals surface area contributed by atoms with Crippen molar-refractivity contribution in [2.75, 3.05) is 25.1 Å². The molecule has 0 aliphatic carbocycles. The van der Waals surface area contributed by atoms with Gasteiger partial charge < -0.3 is 15.0 Å². The van der Waals surface area contributed by atoms with Gasteiger partial charge in [-0.3, -0.25) is 0 Å². The summed E-state index contributed by atoms with van der Waals surface area (Å²) < 4.78 is 7.22. The Morgan fingerprint density at radius 1 is 1.45 bits per heavy atom. The van der Waals surface area contributed by atoms with Crippen LogP contribution in [0.4, 0.5) is 10.5 Å². The molecular weight excluding hydrogens is 282 g/mol. The largest absolute Gasteiger partial charge is 0.377 e. The predicted octanol–water partition coefficient (Wildman–Crippen LogP) is 2.26. The van der Waals surface area contributed by atoms with Gasteiger partial charge in [-0.15, -0.1) is 0 Å². The zero-order chi connectivity index (χ0) is 15.7. The first-order chi connectivity index (χ1) is 10.6. The molecular formula is C15H21N5O2. The molecule has 3 rings (SSSR count). The topological polar surface area (TPSA) is 72.3 Å². The summed E-state index contributed by atoms with van der Waals surface area (Å²) in [6.45, 7) is 7.86. The van der Waals surface area contributed by atoms with Gasteiger partial charge in [0, 0.05) is 18.0 Å². The Bertz CT molecular complexity index is 682. The van der Waals surface area contributed by atoms with Crippen LogP contribution < -0.4 is 5.32 Å². The monoisotopic (exact) mass is 303 g/mol. The number of fused-ring (bicyclic) bond motifs is 1. The third-order valence-electron chi connectivity index (χ3n) is 3.80. The molecule has 22 heavy (non-hydrogen) atoms. The van der Waals surface area contributed by atoms with Gasteiger partial charge in [0.25, 0.3) is 0 Å². The number of rotatable bonds is 2. The fraction of sp³-hybridized carbons (Fsp3) is 0.533. The van der Waals surface area contributed by atoms with Gasteiger partial charge in [0.1, 0.15) is 0 Å². The van der Waals surface area contributed by atoms with E-state index < -0.39 is 0 Å². The molecule has 1 fully saturated rings. The number of carbonyl (C=O) groups excluding carboxylic acids is 1. The van der Waals surface area contributed by atoms with Crippen molar-refractivity contribution < 1.29 is 9.53 Å².